The lowest BCUT2D eigenvalue weighted by Gasteiger charge is -1.98. The average molecular weight is 156 g/mol. The molecular weight excluding hydrogens is 144 g/mol. The predicted molar refractivity (Wildman–Crippen MR) is 45.4 cm³/mol. The van der Waals surface area contributed by atoms with E-state index >= 15 is 0 Å². The molecular formula is C7H12N2S. The van der Waals surface area contributed by atoms with Crippen molar-refractivity contribution in [2.24, 2.45) is 0 Å². The van der Waals surface area contributed by atoms with Gasteiger partial charge in [0, 0.05) is 0 Å². The van der Waals surface area contributed by atoms with Crippen LogP contribution in [0.5, 0.6) is 0 Å². The van der Waals surface area contributed by atoms with Gasteiger partial charge in [0.1, 0.15) is 5.00 Å². The first-order valence-corrected chi connectivity index (χ1v) is 4.15. The summed E-state index contributed by atoms with van der Waals surface area (Å²) < 4.78 is 0. The maximum Gasteiger partial charge on any atom is 0.110 e. The Morgan fingerprint density at radius 3 is 2.30 bits per heavy atom. The van der Waals surface area contributed by atoms with Crippen molar-refractivity contribution in [1.29, 1.82) is 0 Å². The van der Waals surface area contributed by atoms with Crippen LogP contribution >= 0.6 is 11.3 Å². The SMILES string of the molecule is Cc1nc(C(C)C)c(N)s1. The van der Waals surface area contributed by atoms with Gasteiger partial charge >= 0.3 is 0 Å². The third-order valence-electron chi connectivity index (χ3n) is 1.33. The number of rotatable bonds is 1. The van der Waals surface area contributed by atoms with E-state index in [1.165, 1.54) is 0 Å². The molecule has 0 aliphatic rings. The number of aryl methyl sites for hydroxylation is 1. The molecule has 0 amide bonds. The van der Waals surface area contributed by atoms with Crippen molar-refractivity contribution in [1.82, 2.24) is 4.98 Å². The summed E-state index contributed by atoms with van der Waals surface area (Å²) in [5.41, 5.74) is 6.74. The Bertz CT molecular complexity index is 228. The van der Waals surface area contributed by atoms with Crippen molar-refractivity contribution < 1.29 is 0 Å². The fourth-order valence-corrected chi connectivity index (χ4v) is 1.72. The second kappa shape index (κ2) is 2.58. The van der Waals surface area contributed by atoms with E-state index in [9.17, 15) is 0 Å². The van der Waals surface area contributed by atoms with E-state index in [2.05, 4.69) is 18.8 Å². The molecule has 3 heteroatoms. The van der Waals surface area contributed by atoms with Crippen molar-refractivity contribution >= 4 is 16.3 Å². The van der Waals surface area contributed by atoms with E-state index in [1.807, 2.05) is 6.92 Å². The van der Waals surface area contributed by atoms with Crippen LogP contribution < -0.4 is 5.73 Å². The lowest BCUT2D eigenvalue weighted by Crippen LogP contribution is -1.92. The summed E-state index contributed by atoms with van der Waals surface area (Å²) in [5.74, 6) is 0.449. The van der Waals surface area contributed by atoms with E-state index in [1.54, 1.807) is 11.3 Å². The van der Waals surface area contributed by atoms with Gasteiger partial charge in [0.15, 0.2) is 0 Å². The molecule has 2 nitrogen and oxygen atoms in total. The van der Waals surface area contributed by atoms with Crippen LogP contribution in [-0.4, -0.2) is 4.98 Å². The zero-order valence-electron chi connectivity index (χ0n) is 6.51. The maximum atomic E-state index is 5.70. The van der Waals surface area contributed by atoms with Crippen LogP contribution in [0.25, 0.3) is 0 Å². The topological polar surface area (TPSA) is 38.9 Å². The van der Waals surface area contributed by atoms with Gasteiger partial charge < -0.3 is 5.73 Å². The smallest absolute Gasteiger partial charge is 0.110 e. The highest BCUT2D eigenvalue weighted by Crippen LogP contribution is 2.26. The van der Waals surface area contributed by atoms with Crippen molar-refractivity contribution in [3.8, 4) is 0 Å². The summed E-state index contributed by atoms with van der Waals surface area (Å²) in [7, 11) is 0. The molecule has 0 radical (unpaired) electrons. The Kier molecular flexibility index (Phi) is 1.94. The van der Waals surface area contributed by atoms with Gasteiger partial charge in [-0.2, -0.15) is 0 Å². The van der Waals surface area contributed by atoms with Crippen LogP contribution in [-0.2, 0) is 0 Å². The van der Waals surface area contributed by atoms with Crippen LogP contribution in [0, 0.1) is 6.92 Å². The van der Waals surface area contributed by atoms with E-state index in [0.717, 1.165) is 15.7 Å². The van der Waals surface area contributed by atoms with Gasteiger partial charge in [-0.1, -0.05) is 13.8 Å². The van der Waals surface area contributed by atoms with E-state index < -0.39 is 0 Å². The lowest BCUT2D eigenvalue weighted by molar-refractivity contribution is 0.831. The highest BCUT2D eigenvalue weighted by atomic mass is 32.1. The Morgan fingerprint density at radius 2 is 2.10 bits per heavy atom. The number of nitrogen functional groups attached to an aromatic ring is 1. The van der Waals surface area contributed by atoms with E-state index in [-0.39, 0.29) is 0 Å². The Morgan fingerprint density at radius 1 is 1.50 bits per heavy atom. The molecule has 2 N–H and O–H groups in total. The normalized spacial score (nSPS) is 10.8. The summed E-state index contributed by atoms with van der Waals surface area (Å²) >= 11 is 1.56. The molecule has 0 spiro atoms. The fourth-order valence-electron chi connectivity index (χ4n) is 0.873. The Labute approximate surface area is 65.1 Å². The molecule has 0 aliphatic carbocycles. The standard InChI is InChI=1S/C7H12N2S/c1-4(2)6-7(8)10-5(3)9-6/h4H,8H2,1-3H3. The van der Waals surface area contributed by atoms with Crippen molar-refractivity contribution in [3.63, 3.8) is 0 Å². The van der Waals surface area contributed by atoms with Crippen LogP contribution in [0.15, 0.2) is 0 Å². The number of thiazole rings is 1. The molecule has 1 heterocycles. The van der Waals surface area contributed by atoms with Gasteiger partial charge in [-0.05, 0) is 12.8 Å². The minimum atomic E-state index is 0.449. The second-order valence-corrected chi connectivity index (χ2v) is 3.87. The summed E-state index contributed by atoms with van der Waals surface area (Å²) in [5, 5.41) is 1.92. The van der Waals surface area contributed by atoms with E-state index in [4.69, 9.17) is 5.73 Å². The number of aromatic nitrogens is 1. The number of nitrogens with two attached hydrogens (primary N) is 1. The largest absolute Gasteiger partial charge is 0.389 e. The van der Waals surface area contributed by atoms with Crippen molar-refractivity contribution in [2.45, 2.75) is 26.7 Å². The first-order valence-electron chi connectivity index (χ1n) is 3.34. The highest BCUT2D eigenvalue weighted by Gasteiger charge is 2.08. The Balaban J connectivity index is 3.03. The molecule has 0 aliphatic heterocycles. The molecule has 0 saturated carbocycles. The van der Waals surface area contributed by atoms with Crippen molar-refractivity contribution in [3.05, 3.63) is 10.7 Å². The zero-order valence-corrected chi connectivity index (χ0v) is 7.33. The highest BCUT2D eigenvalue weighted by molar-refractivity contribution is 7.15. The predicted octanol–water partition coefficient (Wildman–Crippen LogP) is 2.16. The van der Waals surface area contributed by atoms with Gasteiger partial charge in [-0.25, -0.2) is 4.98 Å². The van der Waals surface area contributed by atoms with Crippen LogP contribution in [0.2, 0.25) is 0 Å². The van der Waals surface area contributed by atoms with Crippen LogP contribution in [0.4, 0.5) is 5.00 Å². The molecule has 0 atom stereocenters. The minimum absolute atomic E-state index is 0.449. The first-order chi connectivity index (χ1) is 4.61. The molecule has 1 aromatic rings. The van der Waals surface area contributed by atoms with E-state index in [0.29, 0.717) is 5.92 Å². The molecule has 0 bridgehead atoms. The number of hydrogen-bond acceptors (Lipinski definition) is 3. The molecule has 1 aromatic heterocycles. The van der Waals surface area contributed by atoms with Gasteiger partial charge in [0.2, 0.25) is 0 Å². The molecule has 0 unspecified atom stereocenters. The average Bonchev–Trinajstić information content (AvgIpc) is 2.10. The third-order valence-corrected chi connectivity index (χ3v) is 2.15. The van der Waals surface area contributed by atoms with Gasteiger partial charge in [0.05, 0.1) is 10.7 Å². The van der Waals surface area contributed by atoms with Gasteiger partial charge in [-0.15, -0.1) is 11.3 Å². The molecule has 0 saturated heterocycles. The second-order valence-electron chi connectivity index (χ2n) is 2.64. The monoisotopic (exact) mass is 156 g/mol. The van der Waals surface area contributed by atoms with Gasteiger partial charge in [0.25, 0.3) is 0 Å². The lowest BCUT2D eigenvalue weighted by atomic mass is 10.1. The molecule has 10 heavy (non-hydrogen) atoms. The van der Waals surface area contributed by atoms with Crippen LogP contribution in [0.1, 0.15) is 30.5 Å². The summed E-state index contributed by atoms with van der Waals surface area (Å²) in [6.07, 6.45) is 0. The zero-order chi connectivity index (χ0) is 7.72. The summed E-state index contributed by atoms with van der Waals surface area (Å²) in [6.45, 7) is 6.18. The molecule has 0 fully saturated rings. The quantitative estimate of drug-likeness (QED) is 0.676. The number of hydrogen-bond donors (Lipinski definition) is 1. The first kappa shape index (κ1) is 7.54. The molecule has 56 valence electrons. The summed E-state index contributed by atoms with van der Waals surface area (Å²) in [4.78, 5) is 4.30. The molecule has 1 rings (SSSR count). The Hall–Kier alpha value is -0.570. The number of nitrogens with zero attached hydrogens (tertiary/aromatic N) is 1. The van der Waals surface area contributed by atoms with Crippen LogP contribution in [0.3, 0.4) is 0 Å². The maximum absolute atomic E-state index is 5.70. The summed E-state index contributed by atoms with van der Waals surface area (Å²) in [6, 6.07) is 0. The number of anilines is 1. The third kappa shape index (κ3) is 1.29. The molecule has 0 aromatic carbocycles. The minimum Gasteiger partial charge on any atom is -0.389 e. The van der Waals surface area contributed by atoms with Crippen molar-refractivity contribution in [2.75, 3.05) is 5.73 Å². The van der Waals surface area contributed by atoms with Gasteiger partial charge in [-0.3, -0.25) is 0 Å². The fraction of sp³-hybridized carbons (Fsp3) is 0.571.